The van der Waals surface area contributed by atoms with Crippen LogP contribution in [-0.2, 0) is 14.3 Å². The average molecular weight is 174 g/mol. The van der Waals surface area contributed by atoms with Gasteiger partial charge in [0, 0.05) is 0 Å². The van der Waals surface area contributed by atoms with E-state index in [1.807, 2.05) is 0 Å². The number of aliphatic hydroxyl groups is 2. The minimum atomic E-state index is -1.22. The molecule has 0 aromatic rings. The zero-order chi connectivity index (χ0) is 9.14. The molecule has 2 atom stereocenters. The molecule has 1 heterocycles. The van der Waals surface area contributed by atoms with E-state index in [1.54, 1.807) is 0 Å². The molecule has 1 aliphatic rings. The molecule has 1 aliphatic heterocycles. The molecule has 0 aromatic carbocycles. The lowest BCUT2D eigenvalue weighted by atomic mass is 10.1. The fourth-order valence-electron chi connectivity index (χ4n) is 0.891. The standard InChI is InChI=1S/C7H10O5/c1-11-7(10)4-2-12-3-5(8)6(4)9/h2,5-6,8-9H,3H2,1H3/t5-,6+/m1/s1. The maximum atomic E-state index is 10.9. The summed E-state index contributed by atoms with van der Waals surface area (Å²) in [6.07, 6.45) is -1.18. The van der Waals surface area contributed by atoms with E-state index in [-0.39, 0.29) is 12.2 Å². The van der Waals surface area contributed by atoms with Crippen LogP contribution in [0.4, 0.5) is 0 Å². The van der Waals surface area contributed by atoms with Gasteiger partial charge >= 0.3 is 5.97 Å². The van der Waals surface area contributed by atoms with Gasteiger partial charge in [0.2, 0.25) is 0 Å². The fourth-order valence-corrected chi connectivity index (χ4v) is 0.891. The van der Waals surface area contributed by atoms with Gasteiger partial charge in [0.05, 0.1) is 13.4 Å². The molecule has 68 valence electrons. The van der Waals surface area contributed by atoms with E-state index in [1.165, 1.54) is 7.11 Å². The lowest BCUT2D eigenvalue weighted by molar-refractivity contribution is -0.139. The van der Waals surface area contributed by atoms with E-state index in [0.29, 0.717) is 0 Å². The van der Waals surface area contributed by atoms with Crippen LogP contribution < -0.4 is 0 Å². The molecule has 1 rings (SSSR count). The summed E-state index contributed by atoms with van der Waals surface area (Å²) >= 11 is 0. The second-order valence-corrected chi connectivity index (χ2v) is 2.41. The third-order valence-electron chi connectivity index (χ3n) is 1.58. The lowest BCUT2D eigenvalue weighted by Crippen LogP contribution is -2.37. The Hall–Kier alpha value is -1.07. The molecular formula is C7H10O5. The van der Waals surface area contributed by atoms with Gasteiger partial charge in [-0.05, 0) is 0 Å². The summed E-state index contributed by atoms with van der Waals surface area (Å²) in [4.78, 5) is 10.9. The van der Waals surface area contributed by atoms with E-state index < -0.39 is 18.2 Å². The van der Waals surface area contributed by atoms with E-state index in [2.05, 4.69) is 4.74 Å². The van der Waals surface area contributed by atoms with Gasteiger partial charge in [-0.2, -0.15) is 0 Å². The van der Waals surface area contributed by atoms with E-state index in [0.717, 1.165) is 6.26 Å². The zero-order valence-electron chi connectivity index (χ0n) is 6.56. The number of hydrogen-bond donors (Lipinski definition) is 2. The summed E-state index contributed by atoms with van der Waals surface area (Å²) in [6, 6.07) is 0. The fraction of sp³-hybridized carbons (Fsp3) is 0.571. The summed E-state index contributed by atoms with van der Waals surface area (Å²) in [6.45, 7) is -0.0122. The van der Waals surface area contributed by atoms with Crippen molar-refractivity contribution < 1.29 is 24.5 Å². The number of carbonyl (C=O) groups excluding carboxylic acids is 1. The molecular weight excluding hydrogens is 164 g/mol. The summed E-state index contributed by atoms with van der Waals surface area (Å²) in [7, 11) is 1.19. The van der Waals surface area contributed by atoms with Crippen molar-refractivity contribution in [1.82, 2.24) is 0 Å². The number of esters is 1. The monoisotopic (exact) mass is 174 g/mol. The van der Waals surface area contributed by atoms with E-state index >= 15 is 0 Å². The SMILES string of the molecule is COC(=O)C1=COC[C@@H](O)[C@H]1O. The predicted octanol–water partition coefficient (Wildman–Crippen LogP) is -1.20. The first-order valence-corrected chi connectivity index (χ1v) is 3.43. The first-order chi connectivity index (χ1) is 5.66. The largest absolute Gasteiger partial charge is 0.498 e. The van der Waals surface area contributed by atoms with Crippen LogP contribution in [0.1, 0.15) is 0 Å². The van der Waals surface area contributed by atoms with Crippen LogP contribution in [0, 0.1) is 0 Å². The number of ether oxygens (including phenoxy) is 2. The highest BCUT2D eigenvalue weighted by atomic mass is 16.5. The Balaban J connectivity index is 2.75. The second kappa shape index (κ2) is 3.55. The molecule has 2 N–H and O–H groups in total. The van der Waals surface area contributed by atoms with Gasteiger partial charge in [-0.1, -0.05) is 0 Å². The van der Waals surface area contributed by atoms with Crippen molar-refractivity contribution in [2.24, 2.45) is 0 Å². The molecule has 0 bridgehead atoms. The maximum absolute atomic E-state index is 10.9. The van der Waals surface area contributed by atoms with Crippen LogP contribution in [0.5, 0.6) is 0 Å². The van der Waals surface area contributed by atoms with Crippen LogP contribution in [-0.4, -0.2) is 42.1 Å². The summed E-state index contributed by atoms with van der Waals surface area (Å²) in [5.74, 6) is -0.693. The molecule has 5 heteroatoms. The molecule has 0 spiro atoms. The Morgan fingerprint density at radius 1 is 1.75 bits per heavy atom. The second-order valence-electron chi connectivity index (χ2n) is 2.41. The van der Waals surface area contributed by atoms with Gasteiger partial charge in [-0.25, -0.2) is 4.79 Å². The Morgan fingerprint density at radius 2 is 2.42 bits per heavy atom. The zero-order valence-corrected chi connectivity index (χ0v) is 6.56. The van der Waals surface area contributed by atoms with Gasteiger partial charge in [0.1, 0.15) is 24.4 Å². The first-order valence-electron chi connectivity index (χ1n) is 3.43. The highest BCUT2D eigenvalue weighted by molar-refractivity contribution is 5.89. The van der Waals surface area contributed by atoms with Crippen LogP contribution in [0.3, 0.4) is 0 Å². The van der Waals surface area contributed by atoms with Crippen LogP contribution in [0.2, 0.25) is 0 Å². The van der Waals surface area contributed by atoms with Gasteiger partial charge in [-0.15, -0.1) is 0 Å². The molecule has 0 fully saturated rings. The lowest BCUT2D eigenvalue weighted by Gasteiger charge is -2.23. The molecule has 0 unspecified atom stereocenters. The number of methoxy groups -OCH3 is 1. The molecule has 0 radical (unpaired) electrons. The molecule has 0 aromatic heterocycles. The van der Waals surface area contributed by atoms with Crippen LogP contribution in [0.25, 0.3) is 0 Å². The third kappa shape index (κ3) is 1.57. The van der Waals surface area contributed by atoms with E-state index in [4.69, 9.17) is 9.84 Å². The van der Waals surface area contributed by atoms with Gasteiger partial charge in [0.15, 0.2) is 0 Å². The average Bonchev–Trinajstić information content (AvgIpc) is 2.08. The van der Waals surface area contributed by atoms with Gasteiger partial charge in [0.25, 0.3) is 0 Å². The topological polar surface area (TPSA) is 76.0 Å². The normalized spacial score (nSPS) is 28.8. The molecule has 0 aliphatic carbocycles. The molecule has 12 heavy (non-hydrogen) atoms. The predicted molar refractivity (Wildman–Crippen MR) is 38.1 cm³/mol. The minimum absolute atomic E-state index is 0.0122. The Bertz CT molecular complexity index is 210. The van der Waals surface area contributed by atoms with Gasteiger partial charge < -0.3 is 19.7 Å². The van der Waals surface area contributed by atoms with Crippen molar-refractivity contribution in [3.05, 3.63) is 11.8 Å². The van der Waals surface area contributed by atoms with Gasteiger partial charge in [-0.3, -0.25) is 0 Å². The summed E-state index contributed by atoms with van der Waals surface area (Å²) in [5, 5.41) is 18.3. The minimum Gasteiger partial charge on any atom is -0.498 e. The van der Waals surface area contributed by atoms with Crippen molar-refractivity contribution >= 4 is 5.97 Å². The Labute approximate surface area is 69.2 Å². The van der Waals surface area contributed by atoms with Crippen molar-refractivity contribution in [2.75, 3.05) is 13.7 Å². The Morgan fingerprint density at radius 3 is 3.00 bits per heavy atom. The molecule has 0 saturated carbocycles. The Kier molecular flexibility index (Phi) is 2.67. The first kappa shape index (κ1) is 9.02. The van der Waals surface area contributed by atoms with E-state index in [9.17, 15) is 9.90 Å². The van der Waals surface area contributed by atoms with Crippen molar-refractivity contribution in [3.63, 3.8) is 0 Å². The summed E-state index contributed by atoms with van der Waals surface area (Å²) in [5.41, 5.74) is -0.0590. The van der Waals surface area contributed by atoms with Crippen molar-refractivity contribution in [3.8, 4) is 0 Å². The number of aliphatic hydroxyl groups excluding tert-OH is 2. The molecule has 0 saturated heterocycles. The van der Waals surface area contributed by atoms with Crippen molar-refractivity contribution in [2.45, 2.75) is 12.2 Å². The molecule has 0 amide bonds. The molecule has 5 nitrogen and oxygen atoms in total. The maximum Gasteiger partial charge on any atom is 0.339 e. The smallest absolute Gasteiger partial charge is 0.339 e. The number of rotatable bonds is 1. The number of carbonyl (C=O) groups is 1. The van der Waals surface area contributed by atoms with Crippen LogP contribution >= 0.6 is 0 Å². The van der Waals surface area contributed by atoms with Crippen LogP contribution in [0.15, 0.2) is 11.8 Å². The third-order valence-corrected chi connectivity index (χ3v) is 1.58. The van der Waals surface area contributed by atoms with Crippen molar-refractivity contribution in [1.29, 1.82) is 0 Å². The summed E-state index contributed by atoms with van der Waals surface area (Å²) < 4.78 is 9.06. The highest BCUT2D eigenvalue weighted by Gasteiger charge is 2.30. The number of hydrogen-bond acceptors (Lipinski definition) is 5. The highest BCUT2D eigenvalue weighted by Crippen LogP contribution is 2.14. The quantitative estimate of drug-likeness (QED) is 0.488.